The fraction of sp³-hybridized carbons (Fsp3) is 0.250. The van der Waals surface area contributed by atoms with Crippen molar-refractivity contribution in [2.75, 3.05) is 0 Å². The molecule has 3 heterocycles. The topological polar surface area (TPSA) is 89.2 Å². The number of hydrogen-bond donors (Lipinski definition) is 0. The van der Waals surface area contributed by atoms with E-state index in [1.807, 2.05) is 0 Å². The summed E-state index contributed by atoms with van der Waals surface area (Å²) in [6.45, 7) is 3.54. The minimum absolute atomic E-state index is 0.0121. The second-order valence-corrected chi connectivity index (χ2v) is 7.15. The third-order valence-corrected chi connectivity index (χ3v) is 4.87. The molecule has 0 saturated carbocycles. The Kier molecular flexibility index (Phi) is 4.45. The highest BCUT2D eigenvalue weighted by Gasteiger charge is 2.44. The van der Waals surface area contributed by atoms with Gasteiger partial charge in [0.1, 0.15) is 0 Å². The smallest absolute Gasteiger partial charge is 0.314 e. The minimum Gasteiger partial charge on any atom is -0.415 e. The Morgan fingerprint density at radius 1 is 1.10 bits per heavy atom. The number of nitrogens with zero attached hydrogens (tertiary/aromatic N) is 4. The quantitative estimate of drug-likeness (QED) is 0.625. The van der Waals surface area contributed by atoms with Gasteiger partial charge in [0.25, 0.3) is 11.8 Å². The number of alkyl halides is 2. The van der Waals surface area contributed by atoms with E-state index in [4.69, 9.17) is 4.42 Å². The molecule has 0 aliphatic carbocycles. The fourth-order valence-electron chi connectivity index (χ4n) is 3.29. The van der Waals surface area contributed by atoms with Crippen LogP contribution in [-0.2, 0) is 16.8 Å². The van der Waals surface area contributed by atoms with Crippen molar-refractivity contribution in [2.45, 2.75) is 32.2 Å². The van der Waals surface area contributed by atoms with Crippen LogP contribution in [0.3, 0.4) is 0 Å². The normalized spacial score (nSPS) is 15.7. The maximum Gasteiger partial charge on any atom is 0.314 e. The molecule has 0 atom stereocenters. The summed E-state index contributed by atoms with van der Waals surface area (Å²) in [6.07, 6.45) is -1.48. The first-order valence-electron chi connectivity index (χ1n) is 8.81. The number of fused-ring (bicyclic) bond motifs is 1. The van der Waals surface area contributed by atoms with Gasteiger partial charge in [0.15, 0.2) is 0 Å². The number of benzene rings is 1. The molecule has 3 aromatic rings. The molecule has 0 bridgehead atoms. The summed E-state index contributed by atoms with van der Waals surface area (Å²) >= 11 is 0. The van der Waals surface area contributed by atoms with E-state index in [2.05, 4.69) is 15.2 Å². The molecule has 4 rings (SSSR count). The summed E-state index contributed by atoms with van der Waals surface area (Å²) in [5.74, 6) is -1.55. The lowest BCUT2D eigenvalue weighted by atomic mass is 9.77. The second kappa shape index (κ2) is 6.84. The van der Waals surface area contributed by atoms with Crippen LogP contribution in [0.25, 0.3) is 11.5 Å². The molecule has 0 unspecified atom stereocenters. The van der Waals surface area contributed by atoms with E-state index in [-0.39, 0.29) is 24.2 Å². The van der Waals surface area contributed by atoms with Crippen molar-refractivity contribution in [1.82, 2.24) is 20.1 Å². The molecule has 29 heavy (non-hydrogen) atoms. The van der Waals surface area contributed by atoms with Gasteiger partial charge in [-0.3, -0.25) is 19.5 Å². The SMILES string of the molecule is CC1(C)C(=O)N(Cc2ccc(-c3nnc(C(F)F)o3)cn2)C(=O)c2ccccc21. The van der Waals surface area contributed by atoms with Gasteiger partial charge >= 0.3 is 6.43 Å². The number of halogens is 2. The highest BCUT2D eigenvalue weighted by molar-refractivity contribution is 6.12. The average molecular weight is 398 g/mol. The standard InChI is InChI=1S/C20H16F2N4O3/c1-20(2)14-6-4-3-5-13(14)18(27)26(19(20)28)10-12-8-7-11(9-23-12)16-24-25-17(29-16)15(21)22/h3-9,15H,10H2,1-2H3. The molecule has 0 spiro atoms. The van der Waals surface area contributed by atoms with E-state index in [0.717, 1.165) is 0 Å². The summed E-state index contributed by atoms with van der Waals surface area (Å²) in [5.41, 5.74) is 1.15. The zero-order valence-corrected chi connectivity index (χ0v) is 15.6. The van der Waals surface area contributed by atoms with Crippen molar-refractivity contribution in [3.63, 3.8) is 0 Å². The van der Waals surface area contributed by atoms with Crippen LogP contribution in [0.2, 0.25) is 0 Å². The Labute approximate surface area is 164 Å². The first kappa shape index (κ1) is 18.9. The minimum atomic E-state index is -2.86. The first-order valence-corrected chi connectivity index (χ1v) is 8.81. The number of hydrogen-bond acceptors (Lipinski definition) is 6. The van der Waals surface area contributed by atoms with E-state index >= 15 is 0 Å². The van der Waals surface area contributed by atoms with Gasteiger partial charge in [-0.15, -0.1) is 10.2 Å². The number of pyridine rings is 1. The van der Waals surface area contributed by atoms with Crippen molar-refractivity contribution >= 4 is 11.8 Å². The molecule has 0 fully saturated rings. The molecule has 2 aromatic heterocycles. The predicted octanol–water partition coefficient (Wildman–Crippen LogP) is 3.53. The number of carbonyl (C=O) groups is 2. The molecule has 9 heteroatoms. The Balaban J connectivity index is 1.59. The number of carbonyl (C=O) groups excluding carboxylic acids is 2. The van der Waals surface area contributed by atoms with E-state index in [1.165, 1.54) is 11.1 Å². The Hall–Kier alpha value is -3.49. The van der Waals surface area contributed by atoms with Crippen LogP contribution in [-0.4, -0.2) is 31.9 Å². The van der Waals surface area contributed by atoms with E-state index in [1.54, 1.807) is 50.2 Å². The molecular weight excluding hydrogens is 382 g/mol. The highest BCUT2D eigenvalue weighted by atomic mass is 19.3. The molecule has 1 aliphatic rings. The number of imide groups is 1. The third-order valence-electron chi connectivity index (χ3n) is 4.87. The van der Waals surface area contributed by atoms with Crippen molar-refractivity contribution in [3.05, 3.63) is 65.3 Å². The largest absolute Gasteiger partial charge is 0.415 e. The van der Waals surface area contributed by atoms with Gasteiger partial charge in [-0.1, -0.05) is 18.2 Å². The van der Waals surface area contributed by atoms with E-state index in [9.17, 15) is 18.4 Å². The van der Waals surface area contributed by atoms with Crippen LogP contribution in [0, 0.1) is 0 Å². The van der Waals surface area contributed by atoms with Gasteiger partial charge in [0.05, 0.1) is 23.2 Å². The summed E-state index contributed by atoms with van der Waals surface area (Å²) in [6, 6.07) is 10.2. The molecule has 2 amide bonds. The van der Waals surface area contributed by atoms with E-state index < -0.39 is 17.7 Å². The molecule has 0 N–H and O–H groups in total. The van der Waals surface area contributed by atoms with Crippen LogP contribution < -0.4 is 0 Å². The van der Waals surface area contributed by atoms with Crippen LogP contribution >= 0.6 is 0 Å². The van der Waals surface area contributed by atoms with Gasteiger partial charge in [-0.25, -0.2) is 0 Å². The zero-order chi connectivity index (χ0) is 20.8. The second-order valence-electron chi connectivity index (χ2n) is 7.15. The lowest BCUT2D eigenvalue weighted by Crippen LogP contribution is -2.51. The molecule has 148 valence electrons. The number of rotatable bonds is 4. The van der Waals surface area contributed by atoms with Gasteiger partial charge in [-0.05, 0) is 37.6 Å². The van der Waals surface area contributed by atoms with Crippen LogP contribution in [0.5, 0.6) is 0 Å². The summed E-state index contributed by atoms with van der Waals surface area (Å²) in [4.78, 5) is 31.2. The number of aromatic nitrogens is 3. The van der Waals surface area contributed by atoms with Crippen molar-refractivity contribution in [2.24, 2.45) is 0 Å². The maximum atomic E-state index is 13.0. The van der Waals surface area contributed by atoms with Gasteiger partial charge in [0, 0.05) is 11.8 Å². The Morgan fingerprint density at radius 3 is 2.52 bits per heavy atom. The van der Waals surface area contributed by atoms with Gasteiger partial charge < -0.3 is 4.42 Å². The highest BCUT2D eigenvalue weighted by Crippen LogP contribution is 2.35. The lowest BCUT2D eigenvalue weighted by Gasteiger charge is -2.37. The number of amides is 2. The summed E-state index contributed by atoms with van der Waals surface area (Å²) in [7, 11) is 0. The first-order chi connectivity index (χ1) is 13.8. The molecule has 7 nitrogen and oxygen atoms in total. The van der Waals surface area contributed by atoms with Crippen molar-refractivity contribution in [3.8, 4) is 11.5 Å². The van der Waals surface area contributed by atoms with E-state index in [0.29, 0.717) is 22.4 Å². The third kappa shape index (κ3) is 3.18. The predicted molar refractivity (Wildman–Crippen MR) is 96.8 cm³/mol. The van der Waals surface area contributed by atoms with Crippen molar-refractivity contribution in [1.29, 1.82) is 0 Å². The molecule has 0 radical (unpaired) electrons. The monoisotopic (exact) mass is 398 g/mol. The summed E-state index contributed by atoms with van der Waals surface area (Å²) in [5, 5.41) is 6.84. The van der Waals surface area contributed by atoms with Gasteiger partial charge in [-0.2, -0.15) is 8.78 Å². The molecular formula is C20H16F2N4O3. The van der Waals surface area contributed by atoms with Crippen LogP contribution in [0.15, 0.2) is 47.0 Å². The van der Waals surface area contributed by atoms with Crippen LogP contribution in [0.4, 0.5) is 8.78 Å². The molecule has 0 saturated heterocycles. The zero-order valence-electron chi connectivity index (χ0n) is 15.6. The molecule has 1 aliphatic heterocycles. The van der Waals surface area contributed by atoms with Gasteiger partial charge in [0.2, 0.25) is 11.8 Å². The Bertz CT molecular complexity index is 1090. The van der Waals surface area contributed by atoms with Crippen LogP contribution in [0.1, 0.15) is 47.8 Å². The maximum absolute atomic E-state index is 13.0. The average Bonchev–Trinajstić information content (AvgIpc) is 3.21. The summed E-state index contributed by atoms with van der Waals surface area (Å²) < 4.78 is 30.1. The fourth-order valence-corrected chi connectivity index (χ4v) is 3.29. The Morgan fingerprint density at radius 2 is 1.86 bits per heavy atom. The molecule has 1 aromatic carbocycles. The van der Waals surface area contributed by atoms with Crippen molar-refractivity contribution < 1.29 is 22.8 Å². The lowest BCUT2D eigenvalue weighted by molar-refractivity contribution is -0.134.